The van der Waals surface area contributed by atoms with Gasteiger partial charge in [-0.15, -0.1) is 0 Å². The Morgan fingerprint density at radius 2 is 2.22 bits per heavy atom. The summed E-state index contributed by atoms with van der Waals surface area (Å²) in [4.78, 5) is 14.1. The van der Waals surface area contributed by atoms with E-state index in [1.165, 1.54) is 0 Å². The van der Waals surface area contributed by atoms with Crippen LogP contribution in [-0.2, 0) is 4.74 Å². The van der Waals surface area contributed by atoms with Crippen molar-refractivity contribution in [3.05, 3.63) is 29.8 Å². The molecule has 128 valence electrons. The van der Waals surface area contributed by atoms with Crippen molar-refractivity contribution in [3.8, 4) is 0 Å². The Bertz CT molecular complexity index is 540. The molecule has 0 radical (unpaired) electrons. The Kier molecular flexibility index (Phi) is 6.29. The first-order valence-electron chi connectivity index (χ1n) is 7.78. The maximum Gasteiger partial charge on any atom is 0.319 e. The number of carbonyl (C=O) groups excluding carboxylic acids is 1. The Morgan fingerprint density at radius 1 is 1.43 bits per heavy atom. The molecule has 2 rings (SSSR count). The summed E-state index contributed by atoms with van der Waals surface area (Å²) in [6.45, 7) is 7.87. The molecule has 0 spiro atoms. The van der Waals surface area contributed by atoms with Crippen LogP contribution in [0.1, 0.15) is 13.8 Å². The van der Waals surface area contributed by atoms with E-state index in [4.69, 9.17) is 4.74 Å². The molecule has 2 amide bonds. The molecule has 1 aliphatic rings. The summed E-state index contributed by atoms with van der Waals surface area (Å²) in [6, 6.07) is 2.33. The highest BCUT2D eigenvalue weighted by Gasteiger charge is 2.21. The average molecular weight is 327 g/mol. The molecule has 5 nitrogen and oxygen atoms in total. The van der Waals surface area contributed by atoms with Gasteiger partial charge in [0.2, 0.25) is 0 Å². The van der Waals surface area contributed by atoms with E-state index in [1.807, 2.05) is 0 Å². The Hall–Kier alpha value is -1.73. The van der Waals surface area contributed by atoms with Gasteiger partial charge >= 0.3 is 6.03 Å². The molecule has 1 atom stereocenters. The van der Waals surface area contributed by atoms with Crippen molar-refractivity contribution >= 4 is 11.7 Å². The molecule has 1 saturated heterocycles. The minimum atomic E-state index is -0.682. The van der Waals surface area contributed by atoms with Crippen LogP contribution < -0.4 is 10.6 Å². The first-order chi connectivity index (χ1) is 10.9. The molecule has 0 saturated carbocycles. The molecule has 1 unspecified atom stereocenters. The number of hydrogen-bond acceptors (Lipinski definition) is 3. The fourth-order valence-electron chi connectivity index (χ4n) is 2.55. The van der Waals surface area contributed by atoms with Crippen LogP contribution in [0.25, 0.3) is 0 Å². The van der Waals surface area contributed by atoms with E-state index < -0.39 is 17.7 Å². The molecule has 1 fully saturated rings. The van der Waals surface area contributed by atoms with Crippen LogP contribution in [0.15, 0.2) is 18.2 Å². The van der Waals surface area contributed by atoms with Gasteiger partial charge in [0.1, 0.15) is 11.6 Å². The van der Waals surface area contributed by atoms with Crippen LogP contribution in [0.5, 0.6) is 0 Å². The second kappa shape index (κ2) is 8.21. The highest BCUT2D eigenvalue weighted by molar-refractivity contribution is 5.89. The van der Waals surface area contributed by atoms with Crippen molar-refractivity contribution in [2.24, 2.45) is 5.92 Å². The number of hydrogen-bond donors (Lipinski definition) is 2. The van der Waals surface area contributed by atoms with Crippen molar-refractivity contribution < 1.29 is 18.3 Å². The molecule has 7 heteroatoms. The number of nitrogens with zero attached hydrogens (tertiary/aromatic N) is 1. The first-order valence-corrected chi connectivity index (χ1v) is 7.78. The van der Waals surface area contributed by atoms with Gasteiger partial charge in [0.15, 0.2) is 0 Å². The zero-order valence-corrected chi connectivity index (χ0v) is 13.4. The van der Waals surface area contributed by atoms with Gasteiger partial charge in [-0.2, -0.15) is 0 Å². The minimum absolute atomic E-state index is 0.106. The van der Waals surface area contributed by atoms with Gasteiger partial charge < -0.3 is 15.4 Å². The normalized spacial score (nSPS) is 18.9. The average Bonchev–Trinajstić information content (AvgIpc) is 2.49. The van der Waals surface area contributed by atoms with Crippen LogP contribution in [0.2, 0.25) is 0 Å². The lowest BCUT2D eigenvalue weighted by molar-refractivity contribution is -0.0288. The lowest BCUT2D eigenvalue weighted by Gasteiger charge is -2.33. The molecule has 1 aliphatic heterocycles. The fourth-order valence-corrected chi connectivity index (χ4v) is 2.55. The molecule has 0 aromatic heterocycles. The quantitative estimate of drug-likeness (QED) is 0.873. The standard InChI is InChI=1S/C16H23F2N3O2/c1-11(2)9-21-5-6-23-13(10-21)8-19-16(22)20-15-7-12(17)3-4-14(15)18/h3-4,7,11,13H,5-6,8-10H2,1-2H3,(H2,19,20,22). The van der Waals surface area contributed by atoms with Gasteiger partial charge in [0.05, 0.1) is 18.4 Å². The number of rotatable bonds is 5. The molecule has 2 N–H and O–H groups in total. The fraction of sp³-hybridized carbons (Fsp3) is 0.562. The maximum atomic E-state index is 13.5. The summed E-state index contributed by atoms with van der Waals surface area (Å²) >= 11 is 0. The maximum absolute atomic E-state index is 13.5. The second-order valence-electron chi connectivity index (χ2n) is 6.11. The van der Waals surface area contributed by atoms with E-state index >= 15 is 0 Å². The smallest absolute Gasteiger partial charge is 0.319 e. The van der Waals surface area contributed by atoms with Crippen LogP contribution >= 0.6 is 0 Å². The van der Waals surface area contributed by atoms with Crippen molar-refractivity contribution in [1.82, 2.24) is 10.2 Å². The molecule has 0 bridgehead atoms. The van der Waals surface area contributed by atoms with Gasteiger partial charge in [-0.1, -0.05) is 13.8 Å². The van der Waals surface area contributed by atoms with E-state index in [0.717, 1.165) is 37.8 Å². The van der Waals surface area contributed by atoms with E-state index in [2.05, 4.69) is 29.4 Å². The Labute approximate surface area is 135 Å². The predicted octanol–water partition coefficient (Wildman–Crippen LogP) is 2.44. The number of carbonyl (C=O) groups is 1. The largest absolute Gasteiger partial charge is 0.374 e. The molecule has 1 aromatic rings. The molecule has 0 aliphatic carbocycles. The third kappa shape index (κ3) is 5.76. The van der Waals surface area contributed by atoms with Gasteiger partial charge in [-0.05, 0) is 18.1 Å². The van der Waals surface area contributed by atoms with E-state index in [1.54, 1.807) is 0 Å². The van der Waals surface area contributed by atoms with Gasteiger partial charge in [-0.25, -0.2) is 13.6 Å². The van der Waals surface area contributed by atoms with E-state index in [9.17, 15) is 13.6 Å². The number of ether oxygens (including phenoxy) is 1. The van der Waals surface area contributed by atoms with Crippen LogP contribution in [-0.4, -0.2) is 49.8 Å². The van der Waals surface area contributed by atoms with Crippen molar-refractivity contribution in [3.63, 3.8) is 0 Å². The summed E-state index contributed by atoms with van der Waals surface area (Å²) < 4.78 is 32.1. The third-order valence-corrected chi connectivity index (χ3v) is 3.51. The molecule has 1 aromatic carbocycles. The number of amides is 2. The molecular formula is C16H23F2N3O2. The van der Waals surface area contributed by atoms with Crippen molar-refractivity contribution in [2.45, 2.75) is 20.0 Å². The minimum Gasteiger partial charge on any atom is -0.374 e. The summed E-state index contributed by atoms with van der Waals surface area (Å²) in [5, 5.41) is 4.93. The zero-order valence-electron chi connectivity index (χ0n) is 13.4. The summed E-state index contributed by atoms with van der Waals surface area (Å²) in [7, 11) is 0. The highest BCUT2D eigenvalue weighted by Crippen LogP contribution is 2.15. The van der Waals surface area contributed by atoms with E-state index in [0.29, 0.717) is 19.1 Å². The topological polar surface area (TPSA) is 53.6 Å². The second-order valence-corrected chi connectivity index (χ2v) is 6.11. The highest BCUT2D eigenvalue weighted by atomic mass is 19.1. The predicted molar refractivity (Wildman–Crippen MR) is 84.4 cm³/mol. The number of nitrogens with one attached hydrogen (secondary N) is 2. The number of benzene rings is 1. The summed E-state index contributed by atoms with van der Waals surface area (Å²) in [5.74, 6) is -0.721. The number of urea groups is 1. The first kappa shape index (κ1) is 17.6. The van der Waals surface area contributed by atoms with Crippen LogP contribution in [0.4, 0.5) is 19.3 Å². The van der Waals surface area contributed by atoms with Gasteiger partial charge in [0.25, 0.3) is 0 Å². The van der Waals surface area contributed by atoms with Crippen LogP contribution in [0, 0.1) is 17.6 Å². The van der Waals surface area contributed by atoms with E-state index in [-0.39, 0.29) is 11.8 Å². The van der Waals surface area contributed by atoms with Crippen molar-refractivity contribution in [1.29, 1.82) is 0 Å². The summed E-state index contributed by atoms with van der Waals surface area (Å²) in [5.41, 5.74) is -0.187. The number of anilines is 1. The zero-order chi connectivity index (χ0) is 16.8. The van der Waals surface area contributed by atoms with Crippen molar-refractivity contribution in [2.75, 3.05) is 38.1 Å². The molecular weight excluding hydrogens is 304 g/mol. The molecule has 23 heavy (non-hydrogen) atoms. The SMILES string of the molecule is CC(C)CN1CCOC(CNC(=O)Nc2cc(F)ccc2F)C1. The lowest BCUT2D eigenvalue weighted by atomic mass is 10.2. The summed E-state index contributed by atoms with van der Waals surface area (Å²) in [6.07, 6.45) is -0.106. The van der Waals surface area contributed by atoms with Gasteiger partial charge in [-0.3, -0.25) is 4.90 Å². The Balaban J connectivity index is 1.78. The monoisotopic (exact) mass is 327 g/mol. The van der Waals surface area contributed by atoms with Gasteiger partial charge in [0, 0.05) is 32.2 Å². The third-order valence-electron chi connectivity index (χ3n) is 3.51. The Morgan fingerprint density at radius 3 is 2.96 bits per heavy atom. The molecule has 1 heterocycles. The lowest BCUT2D eigenvalue weighted by Crippen LogP contribution is -2.48. The number of halogens is 2. The number of morpholine rings is 1. The van der Waals surface area contributed by atoms with Crippen LogP contribution in [0.3, 0.4) is 0 Å².